The molecule has 2 aromatic rings. The molecular weight excluding hydrogens is 490 g/mol. The highest BCUT2D eigenvalue weighted by Crippen LogP contribution is 2.47. The minimum atomic E-state index is -0.595. The largest absolute Gasteiger partial charge is 0.497 e. The van der Waals surface area contributed by atoms with E-state index < -0.39 is 12.0 Å². The molecule has 1 amide bonds. The van der Waals surface area contributed by atoms with E-state index in [0.717, 1.165) is 16.8 Å². The van der Waals surface area contributed by atoms with E-state index in [2.05, 4.69) is 5.32 Å². The molecule has 2 heterocycles. The van der Waals surface area contributed by atoms with Crippen LogP contribution in [0, 0.1) is 0 Å². The molecule has 0 radical (unpaired) electrons. The summed E-state index contributed by atoms with van der Waals surface area (Å²) in [5.41, 5.74) is 3.46. The van der Waals surface area contributed by atoms with Crippen molar-refractivity contribution in [2.24, 2.45) is 4.99 Å². The van der Waals surface area contributed by atoms with E-state index in [9.17, 15) is 9.59 Å². The molecule has 2 aliphatic rings. The second kappa shape index (κ2) is 11.6. The number of thioether (sulfide) groups is 1. The van der Waals surface area contributed by atoms with Crippen LogP contribution in [0.5, 0.6) is 11.5 Å². The van der Waals surface area contributed by atoms with Crippen LogP contribution in [-0.4, -0.2) is 42.3 Å². The Balaban J connectivity index is 1.68. The summed E-state index contributed by atoms with van der Waals surface area (Å²) in [5, 5.41) is 5.58. The molecule has 194 valence electrons. The molecule has 8 nitrogen and oxygen atoms in total. The van der Waals surface area contributed by atoms with E-state index in [0.29, 0.717) is 34.5 Å². The molecule has 0 unspecified atom stereocenters. The van der Waals surface area contributed by atoms with Crippen molar-refractivity contribution in [2.75, 3.05) is 14.2 Å². The van der Waals surface area contributed by atoms with Gasteiger partial charge in [-0.3, -0.25) is 4.79 Å². The van der Waals surface area contributed by atoms with Crippen molar-refractivity contribution in [2.45, 2.75) is 45.9 Å². The third kappa shape index (κ3) is 5.83. The minimum absolute atomic E-state index is 0.124. The number of aliphatic imine (C=N–C) groups is 1. The number of amides is 1. The third-order valence-corrected chi connectivity index (χ3v) is 6.86. The summed E-state index contributed by atoms with van der Waals surface area (Å²) in [6.45, 7) is 5.85. The lowest BCUT2D eigenvalue weighted by atomic mass is 9.93. The van der Waals surface area contributed by atoms with E-state index in [4.69, 9.17) is 19.2 Å². The van der Waals surface area contributed by atoms with Gasteiger partial charge in [0.05, 0.1) is 44.1 Å². The van der Waals surface area contributed by atoms with Gasteiger partial charge < -0.3 is 24.4 Å². The topological polar surface area (TPSA) is 89.5 Å². The van der Waals surface area contributed by atoms with Gasteiger partial charge in [0.25, 0.3) is 0 Å². The van der Waals surface area contributed by atoms with Crippen LogP contribution >= 0.6 is 11.8 Å². The summed E-state index contributed by atoms with van der Waals surface area (Å²) < 4.78 is 16.7. The van der Waals surface area contributed by atoms with Gasteiger partial charge in [-0.1, -0.05) is 42.1 Å². The molecule has 4 rings (SSSR count). The number of methoxy groups -OCH3 is 2. The molecule has 0 bridgehead atoms. The lowest BCUT2D eigenvalue weighted by Gasteiger charge is -2.37. The lowest BCUT2D eigenvalue weighted by Crippen LogP contribution is -2.38. The fourth-order valence-corrected chi connectivity index (χ4v) is 5.23. The molecule has 0 spiro atoms. The van der Waals surface area contributed by atoms with Crippen LogP contribution in [0.1, 0.15) is 44.4 Å². The highest BCUT2D eigenvalue weighted by Gasteiger charge is 2.42. The third-order valence-electron chi connectivity index (χ3n) is 5.97. The fourth-order valence-electron chi connectivity index (χ4n) is 4.27. The summed E-state index contributed by atoms with van der Waals surface area (Å²) in [7, 11) is 3.16. The van der Waals surface area contributed by atoms with Crippen LogP contribution in [0.2, 0.25) is 0 Å². The van der Waals surface area contributed by atoms with Crippen LogP contribution in [0.4, 0.5) is 0 Å². The molecule has 0 saturated heterocycles. The Morgan fingerprint density at radius 3 is 2.54 bits per heavy atom. The van der Waals surface area contributed by atoms with E-state index in [1.807, 2.05) is 66.6 Å². The molecule has 2 aromatic carbocycles. The quantitative estimate of drug-likeness (QED) is 0.468. The number of carbonyl (C=O) groups is 2. The lowest BCUT2D eigenvalue weighted by molar-refractivity contribution is -0.143. The predicted molar refractivity (Wildman–Crippen MR) is 144 cm³/mol. The summed E-state index contributed by atoms with van der Waals surface area (Å²) >= 11 is 1.42. The van der Waals surface area contributed by atoms with E-state index in [-0.39, 0.29) is 18.4 Å². The minimum Gasteiger partial charge on any atom is -0.497 e. The van der Waals surface area contributed by atoms with Gasteiger partial charge in [0, 0.05) is 23.9 Å². The van der Waals surface area contributed by atoms with Crippen LogP contribution < -0.4 is 14.8 Å². The molecule has 37 heavy (non-hydrogen) atoms. The second-order valence-electron chi connectivity index (χ2n) is 8.89. The number of hydrogen-bond acceptors (Lipinski definition) is 8. The number of allylic oxidation sites excluding steroid dienone is 1. The van der Waals surface area contributed by atoms with Gasteiger partial charge >= 0.3 is 5.97 Å². The molecule has 0 aliphatic carbocycles. The van der Waals surface area contributed by atoms with Gasteiger partial charge in [-0.15, -0.1) is 0 Å². The number of nitrogens with one attached hydrogen (secondary N) is 1. The Morgan fingerprint density at radius 2 is 1.86 bits per heavy atom. The number of nitrogens with zero attached hydrogens (tertiary/aromatic N) is 2. The zero-order chi connectivity index (χ0) is 26.5. The Hall–Kier alpha value is -3.72. The van der Waals surface area contributed by atoms with Crippen molar-refractivity contribution in [1.82, 2.24) is 10.2 Å². The van der Waals surface area contributed by atoms with E-state index in [1.54, 1.807) is 27.2 Å². The molecule has 9 heteroatoms. The van der Waals surface area contributed by atoms with Gasteiger partial charge in [-0.25, -0.2) is 9.79 Å². The van der Waals surface area contributed by atoms with Crippen LogP contribution in [0.15, 0.2) is 75.9 Å². The summed E-state index contributed by atoms with van der Waals surface area (Å²) in [6, 6.07) is 14.6. The highest BCUT2D eigenvalue weighted by atomic mass is 32.2. The average molecular weight is 522 g/mol. The van der Waals surface area contributed by atoms with Crippen molar-refractivity contribution < 1.29 is 23.8 Å². The monoisotopic (exact) mass is 521 g/mol. The maximum absolute atomic E-state index is 13.4. The molecule has 1 atom stereocenters. The molecular formula is C28H31N3O5S. The average Bonchev–Trinajstić information content (AvgIpc) is 3.28. The number of ether oxygens (including phenoxy) is 3. The van der Waals surface area contributed by atoms with Crippen LogP contribution in [0.3, 0.4) is 0 Å². The molecule has 0 saturated carbocycles. The Bertz CT molecular complexity index is 1270. The first-order valence-corrected chi connectivity index (χ1v) is 12.9. The molecule has 0 fully saturated rings. The zero-order valence-electron chi connectivity index (χ0n) is 21.6. The first-order valence-electron chi connectivity index (χ1n) is 12.0. The number of benzene rings is 2. The smallest absolute Gasteiger partial charge is 0.338 e. The predicted octanol–water partition coefficient (Wildman–Crippen LogP) is 4.94. The summed E-state index contributed by atoms with van der Waals surface area (Å²) in [5.74, 6) is 0.597. The van der Waals surface area contributed by atoms with Gasteiger partial charge in [0.1, 0.15) is 11.5 Å². The van der Waals surface area contributed by atoms with Crippen LogP contribution in [-0.2, 0) is 20.9 Å². The normalized spacial score (nSPS) is 16.7. The van der Waals surface area contributed by atoms with Gasteiger partial charge in [-0.05, 0) is 43.9 Å². The standard InChI is InChI=1S/C28H31N3O5S/c1-17(2)36-27(33)25-18(3)30-28-31(26(25)22-12-11-21(34-4)14-23(22)35-5)20(16-37-28)13-24(32)29-15-19-9-7-6-8-10-19/h6-12,14,16-17,26H,13,15H2,1-5H3,(H,29,32)/t26-/m1/s1. The molecule has 2 aliphatic heterocycles. The molecule has 1 N–H and O–H groups in total. The van der Waals surface area contributed by atoms with Gasteiger partial charge in [-0.2, -0.15) is 0 Å². The van der Waals surface area contributed by atoms with E-state index in [1.165, 1.54) is 11.8 Å². The Morgan fingerprint density at radius 1 is 1.11 bits per heavy atom. The maximum Gasteiger partial charge on any atom is 0.338 e. The second-order valence-corrected chi connectivity index (χ2v) is 9.73. The number of carbonyl (C=O) groups excluding carboxylic acids is 2. The summed E-state index contributed by atoms with van der Waals surface area (Å²) in [4.78, 5) is 32.9. The highest BCUT2D eigenvalue weighted by molar-refractivity contribution is 8.16. The molecule has 0 aromatic heterocycles. The Kier molecular flexibility index (Phi) is 8.23. The zero-order valence-corrected chi connectivity index (χ0v) is 22.4. The number of rotatable bonds is 9. The van der Waals surface area contributed by atoms with Gasteiger partial charge in [0.2, 0.25) is 5.91 Å². The SMILES string of the molecule is COc1ccc([C@@H]2C(C(=O)OC(C)C)=C(C)N=C3SC=C(CC(=O)NCc4ccccc4)N32)c(OC)c1. The number of amidine groups is 1. The Labute approximate surface area is 221 Å². The first-order chi connectivity index (χ1) is 17.8. The van der Waals surface area contributed by atoms with Crippen LogP contribution in [0.25, 0.3) is 0 Å². The van der Waals surface area contributed by atoms with E-state index >= 15 is 0 Å². The number of esters is 1. The number of hydrogen-bond donors (Lipinski definition) is 1. The number of fused-ring (bicyclic) bond motifs is 1. The van der Waals surface area contributed by atoms with Crippen molar-refractivity contribution in [3.05, 3.63) is 82.0 Å². The summed E-state index contributed by atoms with van der Waals surface area (Å²) in [6.07, 6.45) is -0.178. The fraction of sp³-hybridized carbons (Fsp3) is 0.321. The van der Waals surface area contributed by atoms with Crippen molar-refractivity contribution in [1.29, 1.82) is 0 Å². The van der Waals surface area contributed by atoms with Gasteiger partial charge in [0.15, 0.2) is 5.17 Å². The van der Waals surface area contributed by atoms with Crippen molar-refractivity contribution in [3.8, 4) is 11.5 Å². The van der Waals surface area contributed by atoms with Crippen molar-refractivity contribution >= 4 is 28.8 Å². The maximum atomic E-state index is 13.4. The first kappa shape index (κ1) is 26.3. The van der Waals surface area contributed by atoms with Crippen molar-refractivity contribution in [3.63, 3.8) is 0 Å².